The van der Waals surface area contributed by atoms with Crippen LogP contribution < -0.4 is 10.6 Å². The van der Waals surface area contributed by atoms with Gasteiger partial charge in [0.25, 0.3) is 5.91 Å². The number of hydrogen-bond donors (Lipinski definition) is 2. The molecule has 188 valence electrons. The second kappa shape index (κ2) is 11.3. The summed E-state index contributed by atoms with van der Waals surface area (Å²) in [5.41, 5.74) is 1.02. The Labute approximate surface area is 206 Å². The minimum atomic E-state index is -3.69. The van der Waals surface area contributed by atoms with Crippen molar-refractivity contribution in [3.63, 3.8) is 0 Å². The summed E-state index contributed by atoms with van der Waals surface area (Å²) in [6.45, 7) is 0.386. The summed E-state index contributed by atoms with van der Waals surface area (Å²) in [6, 6.07) is 13.0. The van der Waals surface area contributed by atoms with Gasteiger partial charge in [-0.1, -0.05) is 49.6 Å². The number of rotatable bonds is 7. The molecule has 0 aromatic heterocycles. The molecule has 1 saturated carbocycles. The maximum Gasteiger partial charge on any atom is 0.253 e. The standard InChI is InChI=1S/C26H32FN3O4S/c27-23-12-6-4-8-20(23)18-35(33,34)30-16-14-19(15-17-30)25(31)29-24-13-7-5-11-22(24)26(32)28-21-9-2-1-3-10-21/h4-8,11-13,19,21H,1-3,9-10,14-18H2,(H,28,32)(H,29,31). The predicted octanol–water partition coefficient (Wildman–Crippen LogP) is 4.07. The average molecular weight is 502 g/mol. The van der Waals surface area contributed by atoms with E-state index in [1.54, 1.807) is 30.3 Å². The molecule has 4 rings (SSSR count). The maximum atomic E-state index is 13.9. The number of carbonyl (C=O) groups is 2. The van der Waals surface area contributed by atoms with Crippen molar-refractivity contribution in [1.82, 2.24) is 9.62 Å². The van der Waals surface area contributed by atoms with Gasteiger partial charge in [0.1, 0.15) is 5.82 Å². The van der Waals surface area contributed by atoms with E-state index < -0.39 is 21.6 Å². The average Bonchev–Trinajstić information content (AvgIpc) is 2.86. The van der Waals surface area contributed by atoms with Crippen LogP contribution in [0.2, 0.25) is 0 Å². The number of benzene rings is 2. The van der Waals surface area contributed by atoms with Gasteiger partial charge in [0.15, 0.2) is 0 Å². The quantitative estimate of drug-likeness (QED) is 0.598. The molecule has 0 radical (unpaired) electrons. The van der Waals surface area contributed by atoms with Crippen LogP contribution in [0.3, 0.4) is 0 Å². The summed E-state index contributed by atoms with van der Waals surface area (Å²) in [7, 11) is -3.69. The summed E-state index contributed by atoms with van der Waals surface area (Å²) in [5.74, 6) is -1.74. The summed E-state index contributed by atoms with van der Waals surface area (Å²) >= 11 is 0. The van der Waals surface area contributed by atoms with Gasteiger partial charge in [-0.25, -0.2) is 17.1 Å². The highest BCUT2D eigenvalue weighted by Gasteiger charge is 2.32. The molecular formula is C26H32FN3O4S. The Morgan fingerprint density at radius 2 is 1.57 bits per heavy atom. The molecule has 2 aromatic rings. The Morgan fingerprint density at radius 1 is 0.914 bits per heavy atom. The lowest BCUT2D eigenvalue weighted by atomic mass is 9.95. The fourth-order valence-corrected chi connectivity index (χ4v) is 6.41. The van der Waals surface area contributed by atoms with Crippen molar-refractivity contribution in [1.29, 1.82) is 0 Å². The Balaban J connectivity index is 1.34. The van der Waals surface area contributed by atoms with Crippen LogP contribution >= 0.6 is 0 Å². The van der Waals surface area contributed by atoms with Crippen molar-refractivity contribution < 1.29 is 22.4 Å². The zero-order valence-electron chi connectivity index (χ0n) is 19.7. The summed E-state index contributed by atoms with van der Waals surface area (Å²) in [5, 5.41) is 5.97. The molecule has 0 atom stereocenters. The van der Waals surface area contributed by atoms with Gasteiger partial charge in [-0.15, -0.1) is 0 Å². The van der Waals surface area contributed by atoms with Crippen LogP contribution in [0.15, 0.2) is 48.5 Å². The van der Waals surface area contributed by atoms with Crippen LogP contribution in [0, 0.1) is 11.7 Å². The van der Waals surface area contributed by atoms with Gasteiger partial charge in [0.2, 0.25) is 15.9 Å². The van der Waals surface area contributed by atoms with E-state index in [1.165, 1.54) is 28.9 Å². The number of sulfonamides is 1. The normalized spacial score (nSPS) is 18.2. The lowest BCUT2D eigenvalue weighted by Gasteiger charge is -2.30. The first kappa shape index (κ1) is 25.3. The first-order valence-electron chi connectivity index (χ1n) is 12.3. The number of hydrogen-bond acceptors (Lipinski definition) is 4. The van der Waals surface area contributed by atoms with Crippen molar-refractivity contribution in [3.05, 3.63) is 65.5 Å². The van der Waals surface area contributed by atoms with Crippen LogP contribution in [-0.2, 0) is 20.6 Å². The molecule has 1 saturated heterocycles. The lowest BCUT2D eigenvalue weighted by molar-refractivity contribution is -0.120. The topological polar surface area (TPSA) is 95.6 Å². The zero-order chi connectivity index (χ0) is 24.8. The molecule has 2 aliphatic rings. The Kier molecular flexibility index (Phi) is 8.18. The first-order chi connectivity index (χ1) is 16.8. The summed E-state index contributed by atoms with van der Waals surface area (Å²) < 4.78 is 40.8. The Morgan fingerprint density at radius 3 is 2.29 bits per heavy atom. The van der Waals surface area contributed by atoms with Gasteiger partial charge in [-0.05, 0) is 43.9 Å². The molecular weight excluding hydrogens is 469 g/mol. The van der Waals surface area contributed by atoms with Crippen molar-refractivity contribution in [2.24, 2.45) is 5.92 Å². The highest BCUT2D eigenvalue weighted by Crippen LogP contribution is 2.25. The van der Waals surface area contributed by atoms with E-state index in [4.69, 9.17) is 0 Å². The van der Waals surface area contributed by atoms with Crippen LogP contribution in [0.5, 0.6) is 0 Å². The lowest BCUT2D eigenvalue weighted by Crippen LogP contribution is -2.42. The zero-order valence-corrected chi connectivity index (χ0v) is 20.5. The second-order valence-electron chi connectivity index (χ2n) is 9.36. The highest BCUT2D eigenvalue weighted by atomic mass is 32.2. The SMILES string of the molecule is O=C(NC1CCCCC1)c1ccccc1NC(=O)C1CCN(S(=O)(=O)Cc2ccccc2F)CC1. The molecule has 1 aliphatic carbocycles. The highest BCUT2D eigenvalue weighted by molar-refractivity contribution is 7.88. The van der Waals surface area contributed by atoms with Gasteiger partial charge in [-0.3, -0.25) is 9.59 Å². The van der Waals surface area contributed by atoms with Crippen LogP contribution in [-0.4, -0.2) is 43.7 Å². The molecule has 9 heteroatoms. The third-order valence-electron chi connectivity index (χ3n) is 6.88. The van der Waals surface area contributed by atoms with E-state index >= 15 is 0 Å². The molecule has 0 bridgehead atoms. The fourth-order valence-electron chi connectivity index (χ4n) is 4.83. The molecule has 2 fully saturated rings. The van der Waals surface area contributed by atoms with Gasteiger partial charge in [0, 0.05) is 30.6 Å². The van der Waals surface area contributed by atoms with E-state index in [2.05, 4.69) is 10.6 Å². The maximum absolute atomic E-state index is 13.9. The fraction of sp³-hybridized carbons (Fsp3) is 0.462. The summed E-state index contributed by atoms with van der Waals surface area (Å²) in [4.78, 5) is 25.8. The van der Waals surface area contributed by atoms with Gasteiger partial charge < -0.3 is 10.6 Å². The number of anilines is 1. The van der Waals surface area contributed by atoms with E-state index in [0.29, 0.717) is 24.1 Å². The van der Waals surface area contributed by atoms with Gasteiger partial charge >= 0.3 is 0 Å². The predicted molar refractivity (Wildman–Crippen MR) is 133 cm³/mol. The van der Waals surface area contributed by atoms with E-state index in [9.17, 15) is 22.4 Å². The first-order valence-corrected chi connectivity index (χ1v) is 13.9. The molecule has 7 nitrogen and oxygen atoms in total. The Bertz CT molecular complexity index is 1160. The van der Waals surface area contributed by atoms with Gasteiger partial charge in [-0.2, -0.15) is 0 Å². The van der Waals surface area contributed by atoms with Gasteiger partial charge in [0.05, 0.1) is 17.0 Å². The minimum Gasteiger partial charge on any atom is -0.349 e. The molecule has 35 heavy (non-hydrogen) atoms. The number of nitrogens with one attached hydrogen (secondary N) is 2. The number of nitrogens with zero attached hydrogens (tertiary/aromatic N) is 1. The number of amides is 2. The number of para-hydroxylation sites is 1. The monoisotopic (exact) mass is 501 g/mol. The smallest absolute Gasteiger partial charge is 0.253 e. The largest absolute Gasteiger partial charge is 0.349 e. The molecule has 1 aliphatic heterocycles. The van der Waals surface area contributed by atoms with Crippen LogP contribution in [0.4, 0.5) is 10.1 Å². The molecule has 1 heterocycles. The van der Waals surface area contributed by atoms with Crippen LogP contribution in [0.1, 0.15) is 60.9 Å². The molecule has 0 unspecified atom stereocenters. The van der Waals surface area contributed by atoms with Crippen molar-refractivity contribution in [2.75, 3.05) is 18.4 Å². The van der Waals surface area contributed by atoms with E-state index in [0.717, 1.165) is 25.7 Å². The number of halogens is 1. The molecule has 2 aromatic carbocycles. The molecule has 0 spiro atoms. The third kappa shape index (κ3) is 6.46. The molecule has 2 amide bonds. The third-order valence-corrected chi connectivity index (χ3v) is 8.71. The van der Waals surface area contributed by atoms with Crippen LogP contribution in [0.25, 0.3) is 0 Å². The van der Waals surface area contributed by atoms with Crippen molar-refractivity contribution in [3.8, 4) is 0 Å². The second-order valence-corrected chi connectivity index (χ2v) is 11.3. The minimum absolute atomic E-state index is 0.135. The van der Waals surface area contributed by atoms with Crippen molar-refractivity contribution >= 4 is 27.5 Å². The van der Waals surface area contributed by atoms with E-state index in [-0.39, 0.29) is 42.4 Å². The summed E-state index contributed by atoms with van der Waals surface area (Å²) in [6.07, 6.45) is 6.08. The van der Waals surface area contributed by atoms with E-state index in [1.807, 2.05) is 0 Å². The van der Waals surface area contributed by atoms with Crippen molar-refractivity contribution in [2.45, 2.75) is 56.7 Å². The number of piperidine rings is 1. The number of carbonyl (C=O) groups excluding carboxylic acids is 2. The molecule has 2 N–H and O–H groups in total. The Hall–Kier alpha value is -2.78.